The van der Waals surface area contributed by atoms with Gasteiger partial charge in [0.2, 0.25) is 5.78 Å². The molecule has 3 heteroatoms. The summed E-state index contributed by atoms with van der Waals surface area (Å²) in [6.07, 6.45) is 0. The van der Waals surface area contributed by atoms with E-state index in [9.17, 15) is 4.79 Å². The molecule has 0 aliphatic carbocycles. The smallest absolute Gasteiger partial charge is 0.213 e. The summed E-state index contributed by atoms with van der Waals surface area (Å²) in [6, 6.07) is 15.3. The Morgan fingerprint density at radius 3 is 1.75 bits per heavy atom. The molecule has 0 heterocycles. The molecule has 2 rings (SSSR count). The maximum atomic E-state index is 12.6. The molecule has 0 aliphatic heterocycles. The largest absolute Gasteiger partial charge is 0.312 e. The van der Waals surface area contributed by atoms with E-state index in [0.29, 0.717) is 11.3 Å². The summed E-state index contributed by atoms with van der Waals surface area (Å²) in [6.45, 7) is 4.01. The number of rotatable bonds is 4. The molecule has 0 amide bonds. The lowest BCUT2D eigenvalue weighted by Crippen LogP contribution is -2.19. The minimum absolute atomic E-state index is 0.0804. The van der Waals surface area contributed by atoms with Crippen LogP contribution in [0.2, 0.25) is 0 Å². The number of aryl methyl sites for hydroxylation is 2. The highest BCUT2D eigenvalue weighted by molar-refractivity contribution is 6.51. The Labute approximate surface area is 119 Å². The SMILES string of the molecule is CN/N=C(\C(=O)c1ccc(C)cc1)c1ccc(C)cc1. The molecular formula is C17H18N2O. The highest BCUT2D eigenvalue weighted by Crippen LogP contribution is 2.11. The minimum Gasteiger partial charge on any atom is -0.312 e. The monoisotopic (exact) mass is 266 g/mol. The summed E-state index contributed by atoms with van der Waals surface area (Å²) < 4.78 is 0. The number of carbonyl (C=O) groups excluding carboxylic acids is 1. The second-order valence-corrected chi connectivity index (χ2v) is 4.75. The number of nitrogens with one attached hydrogen (secondary N) is 1. The van der Waals surface area contributed by atoms with Crippen LogP contribution in [-0.4, -0.2) is 18.5 Å². The third kappa shape index (κ3) is 3.12. The Hall–Kier alpha value is -2.42. The van der Waals surface area contributed by atoms with Crippen molar-refractivity contribution < 1.29 is 4.79 Å². The molecule has 0 bridgehead atoms. The van der Waals surface area contributed by atoms with Gasteiger partial charge in [-0.3, -0.25) is 4.79 Å². The van der Waals surface area contributed by atoms with E-state index >= 15 is 0 Å². The maximum Gasteiger partial charge on any atom is 0.213 e. The van der Waals surface area contributed by atoms with Gasteiger partial charge in [-0.2, -0.15) is 5.10 Å². The normalized spacial score (nSPS) is 11.2. The van der Waals surface area contributed by atoms with Gasteiger partial charge in [0, 0.05) is 18.2 Å². The van der Waals surface area contributed by atoms with Crippen molar-refractivity contribution >= 4 is 11.5 Å². The number of ketones is 1. The average molecular weight is 266 g/mol. The van der Waals surface area contributed by atoms with Crippen LogP contribution in [0.4, 0.5) is 0 Å². The van der Waals surface area contributed by atoms with Gasteiger partial charge in [0.25, 0.3) is 0 Å². The van der Waals surface area contributed by atoms with Gasteiger partial charge in [0.15, 0.2) is 0 Å². The summed E-state index contributed by atoms with van der Waals surface area (Å²) in [5.74, 6) is -0.0804. The molecule has 2 aromatic rings. The zero-order valence-electron chi connectivity index (χ0n) is 12.0. The average Bonchev–Trinajstić information content (AvgIpc) is 2.46. The molecule has 0 unspecified atom stereocenters. The van der Waals surface area contributed by atoms with Crippen molar-refractivity contribution in [3.63, 3.8) is 0 Å². The van der Waals surface area contributed by atoms with E-state index in [1.807, 2.05) is 62.4 Å². The lowest BCUT2D eigenvalue weighted by molar-refractivity contribution is 0.106. The highest BCUT2D eigenvalue weighted by atomic mass is 16.1. The summed E-state index contributed by atoms with van der Waals surface area (Å²) >= 11 is 0. The molecule has 3 nitrogen and oxygen atoms in total. The van der Waals surface area contributed by atoms with E-state index in [-0.39, 0.29) is 5.78 Å². The molecule has 0 spiro atoms. The third-order valence-corrected chi connectivity index (χ3v) is 3.08. The molecule has 1 N–H and O–H groups in total. The summed E-state index contributed by atoms with van der Waals surface area (Å²) in [5.41, 5.74) is 6.88. The standard InChI is InChI=1S/C17H18N2O/c1-12-4-8-14(9-5-12)16(19-18-3)17(20)15-10-6-13(2)7-11-15/h4-11,18H,1-3H3/b19-16-. The van der Waals surface area contributed by atoms with Crippen molar-refractivity contribution in [2.75, 3.05) is 7.05 Å². The molecule has 0 saturated carbocycles. The molecule has 0 fully saturated rings. The van der Waals surface area contributed by atoms with Gasteiger partial charge in [-0.15, -0.1) is 0 Å². The molecule has 0 aliphatic rings. The molecule has 20 heavy (non-hydrogen) atoms. The van der Waals surface area contributed by atoms with E-state index in [1.165, 1.54) is 0 Å². The first-order valence-corrected chi connectivity index (χ1v) is 6.54. The molecular weight excluding hydrogens is 248 g/mol. The first kappa shape index (κ1) is 14.0. The van der Waals surface area contributed by atoms with Crippen LogP contribution in [0.25, 0.3) is 0 Å². The Kier molecular flexibility index (Phi) is 4.31. The van der Waals surface area contributed by atoms with Gasteiger partial charge in [0.05, 0.1) is 0 Å². The topological polar surface area (TPSA) is 41.5 Å². The van der Waals surface area contributed by atoms with Crippen LogP contribution in [-0.2, 0) is 0 Å². The van der Waals surface area contributed by atoms with E-state index < -0.39 is 0 Å². The second kappa shape index (κ2) is 6.15. The number of benzene rings is 2. The zero-order chi connectivity index (χ0) is 14.5. The highest BCUT2D eigenvalue weighted by Gasteiger charge is 2.16. The van der Waals surface area contributed by atoms with Crippen molar-refractivity contribution in [1.29, 1.82) is 0 Å². The van der Waals surface area contributed by atoms with Crippen LogP contribution >= 0.6 is 0 Å². The second-order valence-electron chi connectivity index (χ2n) is 4.75. The fourth-order valence-corrected chi connectivity index (χ4v) is 1.91. The van der Waals surface area contributed by atoms with E-state index in [0.717, 1.165) is 16.7 Å². The Bertz CT molecular complexity index is 625. The van der Waals surface area contributed by atoms with Crippen LogP contribution in [0.3, 0.4) is 0 Å². The van der Waals surface area contributed by atoms with Gasteiger partial charge >= 0.3 is 0 Å². The molecule has 102 valence electrons. The molecule has 0 aromatic heterocycles. The zero-order valence-corrected chi connectivity index (χ0v) is 12.0. The molecule has 0 saturated heterocycles. The number of hydrogen-bond acceptors (Lipinski definition) is 3. The van der Waals surface area contributed by atoms with Crippen LogP contribution in [0, 0.1) is 13.8 Å². The van der Waals surface area contributed by atoms with Gasteiger partial charge in [-0.1, -0.05) is 59.7 Å². The van der Waals surface area contributed by atoms with Crippen LogP contribution in [0.15, 0.2) is 53.6 Å². The van der Waals surface area contributed by atoms with Gasteiger partial charge < -0.3 is 5.43 Å². The van der Waals surface area contributed by atoms with Gasteiger partial charge in [0.1, 0.15) is 5.71 Å². The summed E-state index contributed by atoms with van der Waals surface area (Å²) in [4.78, 5) is 12.6. The number of nitrogens with zero attached hydrogens (tertiary/aromatic N) is 1. The van der Waals surface area contributed by atoms with Crippen LogP contribution in [0.5, 0.6) is 0 Å². The predicted octanol–water partition coefficient (Wildman–Crippen LogP) is 3.11. The number of Topliss-reactive ketones (excluding diaryl/α,β-unsaturated/α-hetero) is 1. The first-order valence-electron chi connectivity index (χ1n) is 6.54. The van der Waals surface area contributed by atoms with Crippen LogP contribution in [0.1, 0.15) is 27.0 Å². The lowest BCUT2D eigenvalue weighted by atomic mass is 9.99. The number of carbonyl (C=O) groups is 1. The van der Waals surface area contributed by atoms with Crippen molar-refractivity contribution in [3.8, 4) is 0 Å². The van der Waals surface area contributed by atoms with E-state index in [4.69, 9.17) is 0 Å². The fraction of sp³-hybridized carbons (Fsp3) is 0.176. The quantitative estimate of drug-likeness (QED) is 0.525. The number of hydrogen-bond donors (Lipinski definition) is 1. The van der Waals surface area contributed by atoms with Crippen LogP contribution < -0.4 is 5.43 Å². The Morgan fingerprint density at radius 2 is 1.30 bits per heavy atom. The number of hydrazone groups is 1. The van der Waals surface area contributed by atoms with E-state index in [1.54, 1.807) is 7.05 Å². The summed E-state index contributed by atoms with van der Waals surface area (Å²) in [7, 11) is 1.69. The maximum absolute atomic E-state index is 12.6. The van der Waals surface area contributed by atoms with Gasteiger partial charge in [-0.25, -0.2) is 0 Å². The molecule has 0 radical (unpaired) electrons. The Balaban J connectivity index is 2.38. The lowest BCUT2D eigenvalue weighted by Gasteiger charge is -2.07. The van der Waals surface area contributed by atoms with Crippen molar-refractivity contribution in [2.24, 2.45) is 5.10 Å². The van der Waals surface area contributed by atoms with Gasteiger partial charge in [-0.05, 0) is 13.8 Å². The van der Waals surface area contributed by atoms with E-state index in [2.05, 4.69) is 10.5 Å². The first-order chi connectivity index (χ1) is 9.61. The summed E-state index contributed by atoms with van der Waals surface area (Å²) in [5, 5.41) is 4.14. The Morgan fingerprint density at radius 1 is 0.850 bits per heavy atom. The minimum atomic E-state index is -0.0804. The van der Waals surface area contributed by atoms with Crippen molar-refractivity contribution in [1.82, 2.24) is 5.43 Å². The van der Waals surface area contributed by atoms with Crippen molar-refractivity contribution in [2.45, 2.75) is 13.8 Å². The molecule has 0 atom stereocenters. The third-order valence-electron chi connectivity index (χ3n) is 3.08. The van der Waals surface area contributed by atoms with Crippen molar-refractivity contribution in [3.05, 3.63) is 70.8 Å². The predicted molar refractivity (Wildman–Crippen MR) is 82.3 cm³/mol. The molecule has 2 aromatic carbocycles. The fourth-order valence-electron chi connectivity index (χ4n) is 1.91.